The van der Waals surface area contributed by atoms with Crippen LogP contribution in [0.15, 0.2) is 18.5 Å². The van der Waals surface area contributed by atoms with E-state index in [2.05, 4.69) is 20.6 Å². The van der Waals surface area contributed by atoms with Crippen LogP contribution in [0.3, 0.4) is 0 Å². The highest BCUT2D eigenvalue weighted by Gasteiger charge is 2.20. The lowest BCUT2D eigenvalue weighted by Gasteiger charge is -2.26. The number of hydrogen-bond donors (Lipinski definition) is 3. The zero-order valence-corrected chi connectivity index (χ0v) is 14.6. The molecule has 3 N–H and O–H groups in total. The molecule has 0 aromatic carbocycles. The van der Waals surface area contributed by atoms with Crippen LogP contribution in [-0.2, 0) is 4.74 Å². The zero-order valence-electron chi connectivity index (χ0n) is 12.9. The monoisotopic (exact) mass is 360 g/mol. The van der Waals surface area contributed by atoms with Crippen molar-refractivity contribution in [2.24, 2.45) is 0 Å². The Morgan fingerprint density at radius 2 is 2.30 bits per heavy atom. The van der Waals surface area contributed by atoms with Crippen LogP contribution in [0.25, 0.3) is 11.0 Å². The molecule has 0 spiro atoms. The summed E-state index contributed by atoms with van der Waals surface area (Å²) in [5.74, 6) is -0.334. The maximum atomic E-state index is 12.1. The third kappa shape index (κ3) is 4.28. The molecule has 128 valence electrons. The summed E-state index contributed by atoms with van der Waals surface area (Å²) in [5.41, 5.74) is 2.08. The van der Waals surface area contributed by atoms with Gasteiger partial charge in [-0.05, 0) is 32.4 Å². The largest absolute Gasteiger partial charge is 0.462 e. The molecule has 0 aliphatic carbocycles. The second-order valence-electron chi connectivity index (χ2n) is 5.19. The number of anilines is 1. The van der Waals surface area contributed by atoms with Gasteiger partial charge in [-0.15, -0.1) is 24.8 Å². The van der Waals surface area contributed by atoms with Gasteiger partial charge < -0.3 is 20.4 Å². The molecule has 1 aliphatic heterocycles. The highest BCUT2D eigenvalue weighted by atomic mass is 35.5. The lowest BCUT2D eigenvalue weighted by Crippen LogP contribution is -2.38. The van der Waals surface area contributed by atoms with Gasteiger partial charge in [0.1, 0.15) is 11.2 Å². The standard InChI is InChI=1S/C15H20N4O2.2ClH/c1-2-21-15(20)12-9-18-14-11(5-7-17-14)13(12)19-10-4-3-6-16-8-10;;/h5,7,9-10,16H,2-4,6,8H2,1H3,(H2,17,18,19);2*1H/t10-;;/m1../s1. The number of H-pyrrole nitrogens is 1. The summed E-state index contributed by atoms with van der Waals surface area (Å²) in [6.07, 6.45) is 5.63. The van der Waals surface area contributed by atoms with E-state index in [-0.39, 0.29) is 30.8 Å². The number of fused-ring (bicyclic) bond motifs is 1. The number of aromatic nitrogens is 2. The fourth-order valence-corrected chi connectivity index (χ4v) is 2.71. The maximum Gasteiger partial charge on any atom is 0.341 e. The summed E-state index contributed by atoms with van der Waals surface area (Å²) in [7, 11) is 0. The Kier molecular flexibility index (Phi) is 7.61. The van der Waals surface area contributed by atoms with Gasteiger partial charge in [-0.1, -0.05) is 0 Å². The van der Waals surface area contributed by atoms with Crippen LogP contribution in [-0.4, -0.2) is 41.7 Å². The van der Waals surface area contributed by atoms with Crippen LogP contribution in [0.2, 0.25) is 0 Å². The molecule has 2 aromatic rings. The van der Waals surface area contributed by atoms with Crippen molar-refractivity contribution in [3.05, 3.63) is 24.0 Å². The average molecular weight is 361 g/mol. The van der Waals surface area contributed by atoms with Crippen molar-refractivity contribution >= 4 is 47.5 Å². The Morgan fingerprint density at radius 3 is 3.00 bits per heavy atom. The van der Waals surface area contributed by atoms with E-state index in [1.54, 1.807) is 13.1 Å². The molecule has 3 heterocycles. The highest BCUT2D eigenvalue weighted by Crippen LogP contribution is 2.27. The Labute approximate surface area is 147 Å². The van der Waals surface area contributed by atoms with E-state index in [0.29, 0.717) is 18.2 Å². The van der Waals surface area contributed by atoms with Crippen LogP contribution in [0.1, 0.15) is 30.1 Å². The number of pyridine rings is 1. The average Bonchev–Trinajstić information content (AvgIpc) is 2.98. The summed E-state index contributed by atoms with van der Waals surface area (Å²) >= 11 is 0. The summed E-state index contributed by atoms with van der Waals surface area (Å²) < 4.78 is 5.14. The first-order chi connectivity index (χ1) is 10.3. The van der Waals surface area contributed by atoms with Crippen molar-refractivity contribution in [3.63, 3.8) is 0 Å². The van der Waals surface area contributed by atoms with E-state index in [9.17, 15) is 4.79 Å². The van der Waals surface area contributed by atoms with Crippen LogP contribution < -0.4 is 10.6 Å². The van der Waals surface area contributed by atoms with Crippen molar-refractivity contribution in [1.29, 1.82) is 0 Å². The molecule has 0 unspecified atom stereocenters. The molecule has 6 nitrogen and oxygen atoms in total. The minimum atomic E-state index is -0.334. The van der Waals surface area contributed by atoms with Crippen molar-refractivity contribution in [2.75, 3.05) is 25.0 Å². The molecular formula is C15H22Cl2N4O2. The molecule has 0 saturated carbocycles. The van der Waals surface area contributed by atoms with Gasteiger partial charge in [-0.25, -0.2) is 9.78 Å². The second kappa shape index (κ2) is 8.96. The number of nitrogens with zero attached hydrogens (tertiary/aromatic N) is 1. The predicted molar refractivity (Wildman–Crippen MR) is 96.1 cm³/mol. The normalized spacial score (nSPS) is 17.0. The van der Waals surface area contributed by atoms with Gasteiger partial charge >= 0.3 is 5.97 Å². The van der Waals surface area contributed by atoms with Gasteiger partial charge in [0.15, 0.2) is 0 Å². The lowest BCUT2D eigenvalue weighted by atomic mass is 10.1. The molecule has 1 fully saturated rings. The molecule has 8 heteroatoms. The Balaban J connectivity index is 0.00000132. The van der Waals surface area contributed by atoms with Crippen molar-refractivity contribution in [1.82, 2.24) is 15.3 Å². The summed E-state index contributed by atoms with van der Waals surface area (Å²) in [6.45, 7) is 4.11. The third-order valence-corrected chi connectivity index (χ3v) is 3.73. The number of nitrogens with one attached hydrogen (secondary N) is 3. The molecule has 3 rings (SSSR count). The van der Waals surface area contributed by atoms with Gasteiger partial charge in [0.25, 0.3) is 0 Å². The highest BCUT2D eigenvalue weighted by molar-refractivity contribution is 6.04. The summed E-state index contributed by atoms with van der Waals surface area (Å²) in [4.78, 5) is 19.5. The Hall–Kier alpha value is -1.50. The molecule has 1 aliphatic rings. The molecule has 1 saturated heterocycles. The molecule has 0 bridgehead atoms. The number of piperidine rings is 1. The first kappa shape index (κ1) is 19.5. The van der Waals surface area contributed by atoms with E-state index in [1.807, 2.05) is 12.3 Å². The lowest BCUT2D eigenvalue weighted by molar-refractivity contribution is 0.0527. The van der Waals surface area contributed by atoms with Gasteiger partial charge in [-0.3, -0.25) is 0 Å². The second-order valence-corrected chi connectivity index (χ2v) is 5.19. The van der Waals surface area contributed by atoms with Crippen molar-refractivity contribution in [2.45, 2.75) is 25.8 Å². The quantitative estimate of drug-likeness (QED) is 0.730. The molecular weight excluding hydrogens is 339 g/mol. The number of carbonyl (C=O) groups is 1. The number of aromatic amines is 1. The molecule has 0 amide bonds. The number of esters is 1. The Morgan fingerprint density at radius 1 is 1.48 bits per heavy atom. The topological polar surface area (TPSA) is 79.0 Å². The first-order valence-electron chi connectivity index (χ1n) is 7.40. The van der Waals surface area contributed by atoms with Crippen LogP contribution in [0, 0.1) is 0 Å². The SMILES string of the molecule is CCOC(=O)c1cnc2[nH]ccc2c1N[C@@H]1CCCNC1.Cl.Cl. The number of carbonyl (C=O) groups excluding carboxylic acids is 1. The number of rotatable bonds is 4. The number of hydrogen-bond acceptors (Lipinski definition) is 5. The summed E-state index contributed by atoms with van der Waals surface area (Å²) in [6, 6.07) is 2.25. The fourth-order valence-electron chi connectivity index (χ4n) is 2.71. The molecule has 1 atom stereocenters. The van der Waals surface area contributed by atoms with Crippen molar-refractivity contribution < 1.29 is 9.53 Å². The molecule has 2 aromatic heterocycles. The van der Waals surface area contributed by atoms with Crippen molar-refractivity contribution in [3.8, 4) is 0 Å². The Bertz CT molecular complexity index is 641. The van der Waals surface area contributed by atoms with E-state index < -0.39 is 0 Å². The summed E-state index contributed by atoms with van der Waals surface area (Å²) in [5, 5.41) is 7.79. The minimum Gasteiger partial charge on any atom is -0.462 e. The van der Waals surface area contributed by atoms with E-state index in [1.165, 1.54) is 0 Å². The van der Waals surface area contributed by atoms with E-state index >= 15 is 0 Å². The zero-order chi connectivity index (χ0) is 14.7. The minimum absolute atomic E-state index is 0. The third-order valence-electron chi connectivity index (χ3n) is 3.73. The van der Waals surface area contributed by atoms with Gasteiger partial charge in [0.05, 0.1) is 12.3 Å². The maximum absolute atomic E-state index is 12.1. The van der Waals surface area contributed by atoms with Crippen LogP contribution >= 0.6 is 24.8 Å². The first-order valence-corrected chi connectivity index (χ1v) is 7.40. The smallest absolute Gasteiger partial charge is 0.341 e. The van der Waals surface area contributed by atoms with Crippen LogP contribution in [0.4, 0.5) is 5.69 Å². The number of halogens is 2. The van der Waals surface area contributed by atoms with E-state index in [4.69, 9.17) is 4.74 Å². The van der Waals surface area contributed by atoms with Gasteiger partial charge in [0.2, 0.25) is 0 Å². The molecule has 0 radical (unpaired) electrons. The predicted octanol–water partition coefficient (Wildman–Crippen LogP) is 2.75. The fraction of sp³-hybridized carbons (Fsp3) is 0.467. The van der Waals surface area contributed by atoms with Gasteiger partial charge in [0, 0.05) is 30.4 Å². The molecule has 23 heavy (non-hydrogen) atoms. The van der Waals surface area contributed by atoms with Crippen LogP contribution in [0.5, 0.6) is 0 Å². The number of ether oxygens (including phenoxy) is 1. The van der Waals surface area contributed by atoms with E-state index in [0.717, 1.165) is 42.7 Å². The van der Waals surface area contributed by atoms with Gasteiger partial charge in [-0.2, -0.15) is 0 Å².